The molecular weight excluding hydrogens is 342 g/mol. The van der Waals surface area contributed by atoms with Crippen molar-refractivity contribution in [1.82, 2.24) is 5.32 Å². The van der Waals surface area contributed by atoms with Crippen LogP contribution in [0.4, 0.5) is 0 Å². The van der Waals surface area contributed by atoms with Gasteiger partial charge in [0.15, 0.2) is 0 Å². The summed E-state index contributed by atoms with van der Waals surface area (Å²) in [5, 5.41) is 3.86. The molecule has 3 aromatic carbocycles. The van der Waals surface area contributed by atoms with Crippen molar-refractivity contribution in [2.75, 3.05) is 6.54 Å². The van der Waals surface area contributed by atoms with E-state index in [2.05, 4.69) is 35.6 Å². The fraction of sp³-hybridized carbons (Fsp3) is 0.174. The van der Waals surface area contributed by atoms with Gasteiger partial charge in [-0.3, -0.25) is 4.79 Å². The summed E-state index contributed by atoms with van der Waals surface area (Å²) in [7, 11) is 0. The highest BCUT2D eigenvalue weighted by Gasteiger charge is 2.31. The van der Waals surface area contributed by atoms with E-state index in [1.54, 1.807) is 0 Å². The van der Waals surface area contributed by atoms with Gasteiger partial charge in [0.2, 0.25) is 0 Å². The molecule has 0 aromatic heterocycles. The first-order valence-corrected chi connectivity index (χ1v) is 9.27. The van der Waals surface area contributed by atoms with Gasteiger partial charge in [0, 0.05) is 29.0 Å². The summed E-state index contributed by atoms with van der Waals surface area (Å²) in [6.45, 7) is 0.641. The molecule has 130 valence electrons. The third-order valence-corrected chi connectivity index (χ3v) is 5.36. The first-order chi connectivity index (χ1) is 12.7. The zero-order valence-electron chi connectivity index (χ0n) is 14.4. The Morgan fingerprint density at radius 1 is 0.923 bits per heavy atom. The maximum Gasteiger partial charge on any atom is 0.251 e. The number of fused-ring (bicyclic) bond motifs is 1. The number of benzene rings is 3. The Labute approximate surface area is 158 Å². The Kier molecular flexibility index (Phi) is 4.77. The van der Waals surface area contributed by atoms with Crippen molar-refractivity contribution in [3.05, 3.63) is 106 Å². The standard InChI is InChI=1S/C23H20ClNO/c24-19-10-6-9-17(13-19)22-14-18(20-11-4-5-12-21(20)22)15-25-23(26)16-7-2-1-3-8-16/h1-13,18,22H,14-15H2,(H,25,26)/t18-,22+/m1/s1. The van der Waals surface area contributed by atoms with Crippen LogP contribution in [0.15, 0.2) is 78.9 Å². The highest BCUT2D eigenvalue weighted by atomic mass is 35.5. The van der Waals surface area contributed by atoms with Gasteiger partial charge in [-0.1, -0.05) is 66.2 Å². The van der Waals surface area contributed by atoms with Crippen molar-refractivity contribution in [3.8, 4) is 0 Å². The Morgan fingerprint density at radius 3 is 2.42 bits per heavy atom. The number of nitrogens with one attached hydrogen (secondary N) is 1. The summed E-state index contributed by atoms with van der Waals surface area (Å²) in [6.07, 6.45) is 0.981. The molecule has 0 aliphatic heterocycles. The van der Waals surface area contributed by atoms with Gasteiger partial charge in [-0.2, -0.15) is 0 Å². The minimum absolute atomic E-state index is 0.0192. The highest BCUT2D eigenvalue weighted by molar-refractivity contribution is 6.30. The number of hydrogen-bond acceptors (Lipinski definition) is 1. The first-order valence-electron chi connectivity index (χ1n) is 8.90. The van der Waals surface area contributed by atoms with Gasteiger partial charge in [-0.15, -0.1) is 0 Å². The molecule has 0 spiro atoms. The second-order valence-electron chi connectivity index (χ2n) is 6.75. The topological polar surface area (TPSA) is 29.1 Å². The lowest BCUT2D eigenvalue weighted by molar-refractivity contribution is 0.0951. The predicted octanol–water partition coefficient (Wildman–Crippen LogP) is 5.39. The molecule has 3 aromatic rings. The van der Waals surface area contributed by atoms with Crippen LogP contribution in [0.25, 0.3) is 0 Å². The quantitative estimate of drug-likeness (QED) is 0.663. The van der Waals surface area contributed by atoms with Gasteiger partial charge in [-0.05, 0) is 47.4 Å². The van der Waals surface area contributed by atoms with E-state index in [0.29, 0.717) is 23.9 Å². The van der Waals surface area contributed by atoms with Crippen molar-refractivity contribution < 1.29 is 4.79 Å². The van der Waals surface area contributed by atoms with Crippen molar-refractivity contribution in [3.63, 3.8) is 0 Å². The lowest BCUT2D eigenvalue weighted by atomic mass is 9.93. The van der Waals surface area contributed by atoms with Crippen LogP contribution >= 0.6 is 11.6 Å². The lowest BCUT2D eigenvalue weighted by Gasteiger charge is -2.14. The Bertz CT molecular complexity index is 922. The van der Waals surface area contributed by atoms with E-state index in [-0.39, 0.29) is 5.91 Å². The SMILES string of the molecule is O=C(NC[C@H]1C[C@@H](c2cccc(Cl)c2)c2ccccc21)c1ccccc1. The summed E-state index contributed by atoms with van der Waals surface area (Å²) >= 11 is 6.20. The fourth-order valence-corrected chi connectivity index (χ4v) is 4.08. The van der Waals surface area contributed by atoms with Gasteiger partial charge < -0.3 is 5.32 Å². The van der Waals surface area contributed by atoms with E-state index in [1.165, 1.54) is 16.7 Å². The zero-order valence-corrected chi connectivity index (χ0v) is 15.1. The number of amides is 1. The van der Waals surface area contributed by atoms with Crippen molar-refractivity contribution in [2.45, 2.75) is 18.3 Å². The van der Waals surface area contributed by atoms with Crippen LogP contribution < -0.4 is 5.32 Å². The van der Waals surface area contributed by atoms with Crippen molar-refractivity contribution in [2.24, 2.45) is 0 Å². The number of hydrogen-bond donors (Lipinski definition) is 1. The number of halogens is 1. The molecule has 0 heterocycles. The van der Waals surface area contributed by atoms with Crippen LogP contribution in [0.3, 0.4) is 0 Å². The second kappa shape index (κ2) is 7.35. The van der Waals surface area contributed by atoms with Crippen LogP contribution in [-0.2, 0) is 0 Å². The van der Waals surface area contributed by atoms with Crippen LogP contribution in [-0.4, -0.2) is 12.5 Å². The third-order valence-electron chi connectivity index (χ3n) is 5.13. The Hall–Kier alpha value is -2.58. The molecule has 3 heteroatoms. The van der Waals surface area contributed by atoms with Gasteiger partial charge in [0.25, 0.3) is 5.91 Å². The molecule has 1 aliphatic rings. The summed E-state index contributed by atoms with van der Waals surface area (Å²) in [5.74, 6) is 0.612. The minimum atomic E-state index is -0.0192. The molecule has 26 heavy (non-hydrogen) atoms. The Balaban J connectivity index is 1.54. The van der Waals surface area contributed by atoms with Crippen LogP contribution in [0.1, 0.15) is 45.3 Å². The summed E-state index contributed by atoms with van der Waals surface area (Å²) in [4.78, 5) is 12.4. The van der Waals surface area contributed by atoms with Gasteiger partial charge in [0.05, 0.1) is 0 Å². The predicted molar refractivity (Wildman–Crippen MR) is 106 cm³/mol. The molecule has 1 aliphatic carbocycles. The molecule has 0 saturated carbocycles. The van der Waals surface area contributed by atoms with E-state index >= 15 is 0 Å². The maximum atomic E-state index is 12.4. The molecule has 1 amide bonds. The van der Waals surface area contributed by atoms with E-state index in [9.17, 15) is 4.79 Å². The van der Waals surface area contributed by atoms with E-state index in [4.69, 9.17) is 11.6 Å². The monoisotopic (exact) mass is 361 g/mol. The molecule has 0 bridgehead atoms. The lowest BCUT2D eigenvalue weighted by Crippen LogP contribution is -2.27. The summed E-state index contributed by atoms with van der Waals surface area (Å²) in [6, 6.07) is 26.0. The molecule has 1 N–H and O–H groups in total. The van der Waals surface area contributed by atoms with Crippen LogP contribution in [0, 0.1) is 0 Å². The molecule has 0 saturated heterocycles. The van der Waals surface area contributed by atoms with Crippen LogP contribution in [0.5, 0.6) is 0 Å². The number of rotatable bonds is 4. The largest absolute Gasteiger partial charge is 0.351 e. The van der Waals surface area contributed by atoms with Crippen molar-refractivity contribution in [1.29, 1.82) is 0 Å². The third kappa shape index (κ3) is 3.38. The number of carbonyl (C=O) groups excluding carboxylic acids is 1. The summed E-state index contributed by atoms with van der Waals surface area (Å²) in [5.41, 5.74) is 4.60. The van der Waals surface area contributed by atoms with E-state index < -0.39 is 0 Å². The fourth-order valence-electron chi connectivity index (χ4n) is 3.88. The van der Waals surface area contributed by atoms with Crippen LogP contribution in [0.2, 0.25) is 5.02 Å². The molecule has 4 rings (SSSR count). The molecule has 0 fully saturated rings. The molecule has 0 unspecified atom stereocenters. The summed E-state index contributed by atoms with van der Waals surface area (Å²) < 4.78 is 0. The average Bonchev–Trinajstić information content (AvgIpc) is 3.06. The molecular formula is C23H20ClNO. The van der Waals surface area contributed by atoms with E-state index in [0.717, 1.165) is 11.4 Å². The minimum Gasteiger partial charge on any atom is -0.351 e. The normalized spacial score (nSPS) is 18.3. The number of carbonyl (C=O) groups is 1. The molecule has 2 nitrogen and oxygen atoms in total. The smallest absolute Gasteiger partial charge is 0.251 e. The van der Waals surface area contributed by atoms with Gasteiger partial charge in [-0.25, -0.2) is 0 Å². The second-order valence-corrected chi connectivity index (χ2v) is 7.18. The average molecular weight is 362 g/mol. The van der Waals surface area contributed by atoms with Gasteiger partial charge in [0.1, 0.15) is 0 Å². The molecule has 0 radical (unpaired) electrons. The van der Waals surface area contributed by atoms with Gasteiger partial charge >= 0.3 is 0 Å². The molecule has 2 atom stereocenters. The zero-order chi connectivity index (χ0) is 17.9. The highest BCUT2D eigenvalue weighted by Crippen LogP contribution is 2.45. The first kappa shape index (κ1) is 16.9. The Morgan fingerprint density at radius 2 is 1.65 bits per heavy atom. The maximum absolute atomic E-state index is 12.4. The van der Waals surface area contributed by atoms with E-state index in [1.807, 2.05) is 48.5 Å². The van der Waals surface area contributed by atoms with Crippen molar-refractivity contribution >= 4 is 17.5 Å².